The summed E-state index contributed by atoms with van der Waals surface area (Å²) >= 11 is 3.39. The maximum Gasteiger partial charge on any atom is 0.331 e. The van der Waals surface area contributed by atoms with Gasteiger partial charge in [-0.25, -0.2) is 9.78 Å². The van der Waals surface area contributed by atoms with E-state index in [0.29, 0.717) is 34.3 Å². The molecule has 1 saturated heterocycles. The van der Waals surface area contributed by atoms with Crippen LogP contribution >= 0.6 is 15.9 Å². The van der Waals surface area contributed by atoms with Gasteiger partial charge >= 0.3 is 6.03 Å². The zero-order chi connectivity index (χ0) is 21.7. The average Bonchev–Trinajstić information content (AvgIpc) is 3.48. The van der Waals surface area contributed by atoms with Crippen molar-refractivity contribution < 1.29 is 14.3 Å². The number of rotatable bonds is 5. The van der Waals surface area contributed by atoms with E-state index in [1.54, 1.807) is 18.2 Å². The van der Waals surface area contributed by atoms with Crippen LogP contribution in [0.4, 0.5) is 10.5 Å². The molecule has 8 nitrogen and oxygen atoms in total. The third kappa shape index (κ3) is 3.53. The second-order valence-corrected chi connectivity index (χ2v) is 8.67. The molecule has 0 radical (unpaired) electrons. The Balaban J connectivity index is 1.51. The molecule has 2 aromatic heterocycles. The SMILES string of the molecule is CN1C(=O)CN(c2cc(C3CC3)cn3cc(COc4cc(Br)ccc4C#N)nc23)C1=O. The van der Waals surface area contributed by atoms with Crippen LogP contribution in [-0.4, -0.2) is 39.8 Å². The van der Waals surface area contributed by atoms with Crippen molar-refractivity contribution in [2.75, 3.05) is 18.5 Å². The van der Waals surface area contributed by atoms with Crippen molar-refractivity contribution in [3.63, 3.8) is 0 Å². The fraction of sp³-hybridized carbons (Fsp3) is 0.273. The van der Waals surface area contributed by atoms with Gasteiger partial charge in [-0.3, -0.25) is 14.6 Å². The van der Waals surface area contributed by atoms with E-state index in [9.17, 15) is 14.9 Å². The maximum absolute atomic E-state index is 12.6. The highest BCUT2D eigenvalue weighted by molar-refractivity contribution is 9.10. The van der Waals surface area contributed by atoms with Crippen LogP contribution in [0, 0.1) is 11.3 Å². The number of benzene rings is 1. The first-order valence-corrected chi connectivity index (χ1v) is 10.7. The molecule has 3 amide bonds. The Hall–Kier alpha value is -3.38. The van der Waals surface area contributed by atoms with Crippen LogP contribution < -0.4 is 9.64 Å². The number of urea groups is 1. The highest BCUT2D eigenvalue weighted by Gasteiger charge is 2.36. The minimum atomic E-state index is -0.353. The summed E-state index contributed by atoms with van der Waals surface area (Å²) < 4.78 is 8.57. The first-order valence-electron chi connectivity index (χ1n) is 9.86. The number of nitriles is 1. The number of carbonyl (C=O) groups excluding carboxylic acids is 2. The van der Waals surface area contributed by atoms with E-state index in [-0.39, 0.29) is 25.1 Å². The van der Waals surface area contributed by atoms with Crippen LogP contribution in [0.5, 0.6) is 5.75 Å². The first-order chi connectivity index (χ1) is 14.9. The van der Waals surface area contributed by atoms with E-state index in [1.165, 1.54) is 11.9 Å². The van der Waals surface area contributed by atoms with Crippen molar-refractivity contribution in [3.8, 4) is 11.8 Å². The van der Waals surface area contributed by atoms with Crippen LogP contribution in [0.1, 0.15) is 35.6 Å². The minimum Gasteiger partial charge on any atom is -0.486 e. The first kappa shape index (κ1) is 19.6. The van der Waals surface area contributed by atoms with Crippen molar-refractivity contribution in [3.05, 3.63) is 58.0 Å². The molecule has 0 N–H and O–H groups in total. The monoisotopic (exact) mass is 479 g/mol. The number of imidazole rings is 1. The molecule has 1 aliphatic carbocycles. The molecule has 2 fully saturated rings. The molecule has 0 bridgehead atoms. The fourth-order valence-corrected chi connectivity index (χ4v) is 4.05. The topological polar surface area (TPSA) is 90.9 Å². The van der Waals surface area contributed by atoms with Gasteiger partial charge in [-0.15, -0.1) is 0 Å². The normalized spacial score (nSPS) is 16.3. The van der Waals surface area contributed by atoms with Crippen molar-refractivity contribution in [1.82, 2.24) is 14.3 Å². The molecule has 2 aliphatic rings. The molecule has 3 heterocycles. The molecule has 5 rings (SSSR count). The van der Waals surface area contributed by atoms with E-state index in [2.05, 4.69) is 27.0 Å². The smallest absolute Gasteiger partial charge is 0.331 e. The summed E-state index contributed by atoms with van der Waals surface area (Å²) in [5, 5.41) is 9.30. The van der Waals surface area contributed by atoms with Crippen LogP contribution in [0.15, 0.2) is 41.1 Å². The largest absolute Gasteiger partial charge is 0.486 e. The van der Waals surface area contributed by atoms with Gasteiger partial charge in [0.25, 0.3) is 0 Å². The van der Waals surface area contributed by atoms with E-state index in [4.69, 9.17) is 4.74 Å². The van der Waals surface area contributed by atoms with E-state index in [0.717, 1.165) is 27.8 Å². The quantitative estimate of drug-likeness (QED) is 0.518. The van der Waals surface area contributed by atoms with Gasteiger partial charge < -0.3 is 9.14 Å². The Labute approximate surface area is 186 Å². The molecule has 156 valence electrons. The number of amides is 3. The summed E-state index contributed by atoms with van der Waals surface area (Å²) in [6.45, 7) is 0.166. The van der Waals surface area contributed by atoms with Crippen LogP contribution in [-0.2, 0) is 11.4 Å². The number of carbonyl (C=O) groups is 2. The number of pyridine rings is 1. The van der Waals surface area contributed by atoms with Crippen LogP contribution in [0.3, 0.4) is 0 Å². The van der Waals surface area contributed by atoms with E-state index < -0.39 is 0 Å². The number of anilines is 1. The van der Waals surface area contributed by atoms with Gasteiger partial charge in [0.2, 0.25) is 5.91 Å². The molecule has 1 aromatic carbocycles. The molecule has 1 saturated carbocycles. The van der Waals surface area contributed by atoms with Gasteiger partial charge in [-0.05, 0) is 48.6 Å². The lowest BCUT2D eigenvalue weighted by molar-refractivity contribution is -0.123. The van der Waals surface area contributed by atoms with Gasteiger partial charge in [0.1, 0.15) is 25.0 Å². The van der Waals surface area contributed by atoms with Gasteiger partial charge in [-0.1, -0.05) is 15.9 Å². The molecule has 9 heteroatoms. The Kier molecular flexibility index (Phi) is 4.67. The second-order valence-electron chi connectivity index (χ2n) is 7.76. The van der Waals surface area contributed by atoms with Gasteiger partial charge in [0.15, 0.2) is 5.65 Å². The Morgan fingerprint density at radius 2 is 2.06 bits per heavy atom. The standard InChI is InChI=1S/C22H18BrN5O3/c1-26-20(29)11-28(22(26)30)18-6-15(13-2-3-13)9-27-10-17(25-21(18)27)12-31-19-7-16(23)5-4-14(19)8-24/h4-7,9-10,13H,2-3,11-12H2,1H3. The van der Waals surface area contributed by atoms with E-state index in [1.807, 2.05) is 22.9 Å². The lowest BCUT2D eigenvalue weighted by Gasteiger charge is -2.17. The number of imide groups is 1. The summed E-state index contributed by atoms with van der Waals surface area (Å²) in [5.74, 6) is 0.694. The number of hydrogen-bond donors (Lipinski definition) is 0. The molecule has 0 spiro atoms. The highest BCUT2D eigenvalue weighted by atomic mass is 79.9. The molecule has 1 aliphatic heterocycles. The molecular formula is C22H18BrN5O3. The zero-order valence-corrected chi connectivity index (χ0v) is 18.3. The van der Waals surface area contributed by atoms with Crippen LogP contribution in [0.25, 0.3) is 5.65 Å². The number of ether oxygens (including phenoxy) is 1. The highest BCUT2D eigenvalue weighted by Crippen LogP contribution is 2.42. The van der Waals surface area contributed by atoms with E-state index >= 15 is 0 Å². The summed E-state index contributed by atoms with van der Waals surface area (Å²) in [4.78, 5) is 32.0. The lowest BCUT2D eigenvalue weighted by atomic mass is 10.1. The summed E-state index contributed by atoms with van der Waals surface area (Å²) in [7, 11) is 1.49. The molecule has 31 heavy (non-hydrogen) atoms. The number of nitrogens with zero attached hydrogens (tertiary/aromatic N) is 5. The van der Waals surface area contributed by atoms with Gasteiger partial charge in [0.05, 0.1) is 16.9 Å². The Morgan fingerprint density at radius 1 is 1.26 bits per heavy atom. The van der Waals surface area contributed by atoms with Crippen molar-refractivity contribution in [2.45, 2.75) is 25.4 Å². The summed E-state index contributed by atoms with van der Waals surface area (Å²) in [6.07, 6.45) is 6.12. The summed E-state index contributed by atoms with van der Waals surface area (Å²) in [5.41, 5.74) is 3.44. The molecular weight excluding hydrogens is 462 g/mol. The van der Waals surface area contributed by atoms with Gasteiger partial charge in [0, 0.05) is 23.9 Å². The average molecular weight is 480 g/mol. The number of hydrogen-bond acceptors (Lipinski definition) is 5. The Bertz CT molecular complexity index is 1270. The number of halogens is 1. The predicted molar refractivity (Wildman–Crippen MR) is 116 cm³/mol. The molecule has 3 aromatic rings. The molecule has 0 unspecified atom stereocenters. The number of fused-ring (bicyclic) bond motifs is 1. The third-order valence-corrected chi connectivity index (χ3v) is 6.06. The predicted octanol–water partition coefficient (Wildman–Crippen LogP) is 3.82. The minimum absolute atomic E-state index is 0.00137. The summed E-state index contributed by atoms with van der Waals surface area (Å²) in [6, 6.07) is 8.96. The molecule has 0 atom stereocenters. The third-order valence-electron chi connectivity index (χ3n) is 5.57. The second kappa shape index (κ2) is 7.39. The maximum atomic E-state index is 12.6. The fourth-order valence-electron chi connectivity index (χ4n) is 3.71. The van der Waals surface area contributed by atoms with Crippen LogP contribution in [0.2, 0.25) is 0 Å². The number of likely N-dealkylation sites (N-methyl/N-ethyl adjacent to an activating group) is 1. The van der Waals surface area contributed by atoms with Crippen molar-refractivity contribution in [2.24, 2.45) is 0 Å². The Morgan fingerprint density at radius 3 is 2.74 bits per heavy atom. The zero-order valence-electron chi connectivity index (χ0n) is 16.7. The number of aromatic nitrogens is 2. The van der Waals surface area contributed by atoms with Crippen molar-refractivity contribution >= 4 is 39.2 Å². The van der Waals surface area contributed by atoms with Crippen molar-refractivity contribution in [1.29, 1.82) is 5.26 Å². The van der Waals surface area contributed by atoms with Gasteiger partial charge in [-0.2, -0.15) is 5.26 Å². The lowest BCUT2D eigenvalue weighted by Crippen LogP contribution is -2.30.